The van der Waals surface area contributed by atoms with Crippen LogP contribution in [-0.4, -0.2) is 93.5 Å². The van der Waals surface area contributed by atoms with E-state index in [-0.39, 0.29) is 29.7 Å². The topological polar surface area (TPSA) is 94.3 Å². The van der Waals surface area contributed by atoms with Gasteiger partial charge >= 0.3 is 0 Å². The number of aromatic nitrogens is 1. The molecule has 2 fully saturated rings. The molecule has 0 amide bonds. The van der Waals surface area contributed by atoms with Gasteiger partial charge in [0.25, 0.3) is 0 Å². The van der Waals surface area contributed by atoms with Crippen molar-refractivity contribution in [3.05, 3.63) is 18.0 Å². The molecule has 0 aromatic carbocycles. The Labute approximate surface area is 203 Å². The van der Waals surface area contributed by atoms with Gasteiger partial charge in [-0.1, -0.05) is 24.4 Å². The predicted octanol–water partition coefficient (Wildman–Crippen LogP) is 1.83. The number of aliphatic imine (C=N–C) groups is 1. The second kappa shape index (κ2) is 12.4. The molecule has 1 atom stereocenters. The van der Waals surface area contributed by atoms with Gasteiger partial charge in [0.15, 0.2) is 5.96 Å². The second-order valence-corrected chi connectivity index (χ2v) is 10.5. The molecule has 1 N–H and O–H groups in total. The highest BCUT2D eigenvalue weighted by molar-refractivity contribution is 14.0. The van der Waals surface area contributed by atoms with Gasteiger partial charge in [-0.3, -0.25) is 4.99 Å². The molecule has 1 aromatic heterocycles. The summed E-state index contributed by atoms with van der Waals surface area (Å²) in [6.07, 6.45) is 8.00. The highest BCUT2D eigenvalue weighted by atomic mass is 127. The Kier molecular flexibility index (Phi) is 10.5. The Morgan fingerprint density at radius 3 is 2.48 bits per heavy atom. The van der Waals surface area contributed by atoms with Crippen molar-refractivity contribution in [3.63, 3.8) is 0 Å². The van der Waals surface area contributed by atoms with E-state index in [1.165, 1.54) is 42.7 Å². The quantitative estimate of drug-likeness (QED) is 0.305. The normalized spacial score (nSPS) is 20.5. The number of hydrogen-bond donors (Lipinski definition) is 1. The SMILES string of the molecule is CN=C(NCC(C1CCCCC1)N(C)C)N1CCN(S(=O)(=O)Cc2ccon2)CC1.I. The number of sulfonamides is 1. The molecule has 31 heavy (non-hydrogen) atoms. The minimum absolute atomic E-state index is 0. The molecule has 2 heterocycles. The van der Waals surface area contributed by atoms with Gasteiger partial charge in [-0.15, -0.1) is 24.0 Å². The minimum Gasteiger partial charge on any atom is -0.364 e. The Morgan fingerprint density at radius 1 is 1.26 bits per heavy atom. The van der Waals surface area contributed by atoms with Crippen molar-refractivity contribution in [2.24, 2.45) is 10.9 Å². The van der Waals surface area contributed by atoms with Crippen molar-refractivity contribution in [1.29, 1.82) is 0 Å². The summed E-state index contributed by atoms with van der Waals surface area (Å²) in [4.78, 5) is 8.93. The van der Waals surface area contributed by atoms with Crippen LogP contribution in [0.4, 0.5) is 0 Å². The van der Waals surface area contributed by atoms with Crippen molar-refractivity contribution < 1.29 is 12.9 Å². The molecule has 1 saturated heterocycles. The van der Waals surface area contributed by atoms with E-state index in [2.05, 4.69) is 39.4 Å². The fraction of sp³-hybridized carbons (Fsp3) is 0.800. The van der Waals surface area contributed by atoms with Crippen molar-refractivity contribution >= 4 is 40.0 Å². The zero-order chi connectivity index (χ0) is 21.6. The van der Waals surface area contributed by atoms with E-state index >= 15 is 0 Å². The number of likely N-dealkylation sites (N-methyl/N-ethyl adjacent to an activating group) is 1. The number of piperazine rings is 1. The minimum atomic E-state index is -3.40. The standard InChI is InChI=1S/C20H36N6O3S.HI/c1-21-20(22-15-19(24(2)3)17-7-5-4-6-8-17)25-10-12-26(13-11-25)30(27,28)16-18-9-14-29-23-18;/h9,14,17,19H,4-8,10-13,15-16H2,1-3H3,(H,21,22);1H. The summed E-state index contributed by atoms with van der Waals surface area (Å²) < 4.78 is 31.6. The monoisotopic (exact) mass is 568 g/mol. The molecule has 1 aromatic rings. The first-order chi connectivity index (χ1) is 14.4. The van der Waals surface area contributed by atoms with Crippen LogP contribution < -0.4 is 5.32 Å². The van der Waals surface area contributed by atoms with Gasteiger partial charge in [-0.2, -0.15) is 4.31 Å². The van der Waals surface area contributed by atoms with Gasteiger partial charge in [0.1, 0.15) is 12.0 Å². The smallest absolute Gasteiger partial charge is 0.220 e. The van der Waals surface area contributed by atoms with Crippen LogP contribution in [0.3, 0.4) is 0 Å². The lowest BCUT2D eigenvalue weighted by molar-refractivity contribution is 0.169. The Hall–Kier alpha value is -0.920. The van der Waals surface area contributed by atoms with E-state index < -0.39 is 10.0 Å². The Bertz CT molecular complexity index is 773. The molecular weight excluding hydrogens is 531 g/mol. The van der Waals surface area contributed by atoms with Crippen LogP contribution in [0.15, 0.2) is 21.8 Å². The van der Waals surface area contributed by atoms with Gasteiger partial charge in [-0.25, -0.2) is 8.42 Å². The molecule has 11 heteroatoms. The summed E-state index contributed by atoms with van der Waals surface area (Å²) in [6.45, 7) is 2.98. The Balaban J connectivity index is 0.00000341. The number of nitrogens with zero attached hydrogens (tertiary/aromatic N) is 5. The number of rotatable bonds is 7. The van der Waals surface area contributed by atoms with Crippen LogP contribution >= 0.6 is 24.0 Å². The molecule has 178 valence electrons. The third-order valence-electron chi connectivity index (χ3n) is 6.29. The molecule has 0 radical (unpaired) electrons. The molecule has 9 nitrogen and oxygen atoms in total. The Morgan fingerprint density at radius 2 is 1.94 bits per heavy atom. The predicted molar refractivity (Wildman–Crippen MR) is 133 cm³/mol. The van der Waals surface area contributed by atoms with Gasteiger partial charge in [0, 0.05) is 51.9 Å². The molecule has 1 saturated carbocycles. The van der Waals surface area contributed by atoms with Crippen LogP contribution in [0.1, 0.15) is 37.8 Å². The van der Waals surface area contributed by atoms with E-state index in [1.807, 2.05) is 0 Å². The number of nitrogens with one attached hydrogen (secondary N) is 1. The number of guanidine groups is 1. The van der Waals surface area contributed by atoms with E-state index in [0.29, 0.717) is 37.9 Å². The van der Waals surface area contributed by atoms with Gasteiger partial charge in [0.05, 0.1) is 5.69 Å². The van der Waals surface area contributed by atoms with E-state index in [1.54, 1.807) is 13.1 Å². The van der Waals surface area contributed by atoms with Gasteiger partial charge in [-0.05, 0) is 32.9 Å². The third kappa shape index (κ3) is 7.29. The van der Waals surface area contributed by atoms with Crippen molar-refractivity contribution in [3.8, 4) is 0 Å². The first-order valence-corrected chi connectivity index (χ1v) is 12.5. The zero-order valence-corrected chi connectivity index (χ0v) is 22.0. The molecule has 1 unspecified atom stereocenters. The van der Waals surface area contributed by atoms with E-state index in [4.69, 9.17) is 4.52 Å². The van der Waals surface area contributed by atoms with Crippen LogP contribution in [0, 0.1) is 5.92 Å². The second-order valence-electron chi connectivity index (χ2n) is 8.49. The van der Waals surface area contributed by atoms with Gasteiger partial charge < -0.3 is 19.6 Å². The maximum atomic E-state index is 12.6. The molecule has 0 spiro atoms. The van der Waals surface area contributed by atoms with E-state index in [9.17, 15) is 8.42 Å². The average Bonchev–Trinajstić information content (AvgIpc) is 3.24. The summed E-state index contributed by atoms with van der Waals surface area (Å²) in [6, 6.07) is 2.07. The third-order valence-corrected chi connectivity index (χ3v) is 8.10. The zero-order valence-electron chi connectivity index (χ0n) is 18.9. The average molecular weight is 569 g/mol. The van der Waals surface area contributed by atoms with Crippen LogP contribution in [-0.2, 0) is 15.8 Å². The van der Waals surface area contributed by atoms with Crippen molar-refractivity contribution in [1.82, 2.24) is 24.6 Å². The number of hydrogen-bond acceptors (Lipinski definition) is 6. The summed E-state index contributed by atoms with van der Waals surface area (Å²) in [5.41, 5.74) is 0.437. The van der Waals surface area contributed by atoms with Crippen LogP contribution in [0.2, 0.25) is 0 Å². The molecule has 1 aliphatic carbocycles. The summed E-state index contributed by atoms with van der Waals surface area (Å²) >= 11 is 0. The van der Waals surface area contributed by atoms with Crippen LogP contribution in [0.5, 0.6) is 0 Å². The molecule has 1 aliphatic heterocycles. The van der Waals surface area contributed by atoms with E-state index in [0.717, 1.165) is 18.4 Å². The maximum Gasteiger partial charge on any atom is 0.220 e. The molecule has 2 aliphatic rings. The summed E-state index contributed by atoms with van der Waals surface area (Å²) in [7, 11) is 2.71. The van der Waals surface area contributed by atoms with Crippen molar-refractivity contribution in [2.45, 2.75) is 43.9 Å². The maximum absolute atomic E-state index is 12.6. The fourth-order valence-electron chi connectivity index (χ4n) is 4.59. The first kappa shape index (κ1) is 26.3. The van der Waals surface area contributed by atoms with Crippen molar-refractivity contribution in [2.75, 3.05) is 53.9 Å². The van der Waals surface area contributed by atoms with Gasteiger partial charge in [0.2, 0.25) is 10.0 Å². The number of halogens is 1. The lowest BCUT2D eigenvalue weighted by Crippen LogP contribution is -2.55. The summed E-state index contributed by atoms with van der Waals surface area (Å²) in [5, 5.41) is 7.27. The lowest BCUT2D eigenvalue weighted by Gasteiger charge is -2.38. The fourth-order valence-corrected chi connectivity index (χ4v) is 6.01. The first-order valence-electron chi connectivity index (χ1n) is 10.9. The molecule has 0 bridgehead atoms. The lowest BCUT2D eigenvalue weighted by atomic mass is 9.83. The highest BCUT2D eigenvalue weighted by Crippen LogP contribution is 2.28. The van der Waals surface area contributed by atoms with Crippen LogP contribution in [0.25, 0.3) is 0 Å². The molecular formula is C20H37IN6O3S. The largest absolute Gasteiger partial charge is 0.364 e. The molecule has 3 rings (SSSR count). The highest BCUT2D eigenvalue weighted by Gasteiger charge is 2.30. The summed E-state index contributed by atoms with van der Waals surface area (Å²) in [5.74, 6) is 1.45.